The van der Waals surface area contributed by atoms with Crippen molar-refractivity contribution >= 4 is 39.3 Å². The number of carbonyl (C=O) groups excluding carboxylic acids is 1. The predicted octanol–water partition coefficient (Wildman–Crippen LogP) is 4.62. The van der Waals surface area contributed by atoms with Crippen LogP contribution in [-0.2, 0) is 4.79 Å². The van der Waals surface area contributed by atoms with Crippen LogP contribution in [0.25, 0.3) is 0 Å². The van der Waals surface area contributed by atoms with Crippen LogP contribution in [0.1, 0.15) is 17.2 Å². The van der Waals surface area contributed by atoms with Gasteiger partial charge in [0.05, 0.1) is 5.69 Å². The van der Waals surface area contributed by atoms with Crippen molar-refractivity contribution in [3.05, 3.63) is 58.6 Å². The number of fused-ring (bicyclic) bond motifs is 1. The summed E-state index contributed by atoms with van der Waals surface area (Å²) in [5, 5.41) is 3.12. The van der Waals surface area contributed by atoms with Crippen LogP contribution in [0.2, 0.25) is 0 Å². The summed E-state index contributed by atoms with van der Waals surface area (Å²) in [6.07, 6.45) is 0.496. The van der Waals surface area contributed by atoms with Gasteiger partial charge >= 0.3 is 0 Å². The summed E-state index contributed by atoms with van der Waals surface area (Å²) in [5.74, 6) is 0.0717. The highest BCUT2D eigenvalue weighted by Crippen LogP contribution is 2.43. The minimum atomic E-state index is 0.0717. The maximum atomic E-state index is 12.0. The second-order valence-corrected chi connectivity index (χ2v) is 6.57. The van der Waals surface area contributed by atoms with Crippen molar-refractivity contribution < 1.29 is 4.79 Å². The summed E-state index contributed by atoms with van der Waals surface area (Å²) in [5.41, 5.74) is 2.08. The van der Waals surface area contributed by atoms with E-state index < -0.39 is 0 Å². The van der Waals surface area contributed by atoms with Gasteiger partial charge in [-0.05, 0) is 29.8 Å². The molecule has 1 N–H and O–H groups in total. The molecule has 0 fully saturated rings. The standard InChI is InChI=1S/C15H12BrNOS/c16-11-5-3-4-10(8-11)14-9-15(18)17-12-6-1-2-7-13(12)19-14/h1-8,14H,9H2,(H,17,18)/t14-/m1/s1. The molecule has 1 atom stereocenters. The monoisotopic (exact) mass is 333 g/mol. The molecule has 0 saturated heterocycles. The molecule has 0 spiro atoms. The van der Waals surface area contributed by atoms with Crippen LogP contribution in [0, 0.1) is 0 Å². The summed E-state index contributed by atoms with van der Waals surface area (Å²) < 4.78 is 1.04. The molecule has 2 nitrogen and oxygen atoms in total. The first kappa shape index (κ1) is 12.8. The molecule has 96 valence electrons. The molecule has 1 amide bonds. The highest BCUT2D eigenvalue weighted by Gasteiger charge is 2.23. The van der Waals surface area contributed by atoms with Gasteiger partial charge in [-0.25, -0.2) is 0 Å². The number of benzene rings is 2. The number of anilines is 1. The van der Waals surface area contributed by atoms with Crippen molar-refractivity contribution in [1.29, 1.82) is 0 Å². The molecule has 2 aromatic carbocycles. The lowest BCUT2D eigenvalue weighted by Gasteiger charge is -2.13. The van der Waals surface area contributed by atoms with E-state index in [9.17, 15) is 4.79 Å². The van der Waals surface area contributed by atoms with Gasteiger partial charge in [0.15, 0.2) is 0 Å². The Balaban J connectivity index is 1.98. The quantitative estimate of drug-likeness (QED) is 0.824. The van der Waals surface area contributed by atoms with Gasteiger partial charge in [-0.1, -0.05) is 40.2 Å². The number of rotatable bonds is 1. The molecule has 1 aliphatic rings. The Morgan fingerprint density at radius 1 is 1.16 bits per heavy atom. The maximum Gasteiger partial charge on any atom is 0.225 e. The molecule has 0 aromatic heterocycles. The zero-order chi connectivity index (χ0) is 13.2. The van der Waals surface area contributed by atoms with Gasteiger partial charge < -0.3 is 5.32 Å². The van der Waals surface area contributed by atoms with Crippen LogP contribution < -0.4 is 5.32 Å². The highest BCUT2D eigenvalue weighted by molar-refractivity contribution is 9.10. The molecule has 1 heterocycles. The van der Waals surface area contributed by atoms with Crippen LogP contribution >= 0.6 is 27.7 Å². The molecule has 1 aliphatic heterocycles. The molecule has 19 heavy (non-hydrogen) atoms. The van der Waals surface area contributed by atoms with Gasteiger partial charge in [0.1, 0.15) is 0 Å². The van der Waals surface area contributed by atoms with Crippen molar-refractivity contribution in [2.75, 3.05) is 5.32 Å². The Morgan fingerprint density at radius 3 is 2.84 bits per heavy atom. The first-order valence-corrected chi connectivity index (χ1v) is 7.70. The van der Waals surface area contributed by atoms with E-state index in [-0.39, 0.29) is 11.2 Å². The maximum absolute atomic E-state index is 12.0. The number of hydrogen-bond donors (Lipinski definition) is 1. The van der Waals surface area contributed by atoms with Crippen LogP contribution in [0.15, 0.2) is 57.9 Å². The van der Waals surface area contributed by atoms with E-state index in [1.54, 1.807) is 11.8 Å². The molecule has 0 radical (unpaired) electrons. The predicted molar refractivity (Wildman–Crippen MR) is 82.4 cm³/mol. The fourth-order valence-electron chi connectivity index (χ4n) is 2.13. The van der Waals surface area contributed by atoms with Crippen molar-refractivity contribution in [2.45, 2.75) is 16.6 Å². The van der Waals surface area contributed by atoms with Crippen molar-refractivity contribution in [1.82, 2.24) is 0 Å². The number of amides is 1. The molecule has 0 aliphatic carbocycles. The molecular weight excluding hydrogens is 322 g/mol. The van der Waals surface area contributed by atoms with Gasteiger partial charge in [0.25, 0.3) is 0 Å². The molecule has 4 heteroatoms. The van der Waals surface area contributed by atoms with Crippen LogP contribution in [-0.4, -0.2) is 5.91 Å². The van der Waals surface area contributed by atoms with Crippen LogP contribution in [0.3, 0.4) is 0 Å². The molecule has 0 unspecified atom stereocenters. The Labute approximate surface area is 124 Å². The second-order valence-electron chi connectivity index (χ2n) is 4.41. The van der Waals surface area contributed by atoms with Gasteiger partial charge in [-0.15, -0.1) is 11.8 Å². The summed E-state index contributed by atoms with van der Waals surface area (Å²) in [6, 6.07) is 16.1. The Bertz CT molecular complexity index is 629. The van der Waals surface area contributed by atoms with Crippen LogP contribution in [0.5, 0.6) is 0 Å². The lowest BCUT2D eigenvalue weighted by Crippen LogP contribution is -2.11. The summed E-state index contributed by atoms with van der Waals surface area (Å²) >= 11 is 5.22. The van der Waals surface area contributed by atoms with E-state index in [1.807, 2.05) is 30.3 Å². The molecule has 0 bridgehead atoms. The van der Waals surface area contributed by atoms with E-state index in [4.69, 9.17) is 0 Å². The smallest absolute Gasteiger partial charge is 0.225 e. The van der Waals surface area contributed by atoms with E-state index in [2.05, 4.69) is 39.4 Å². The number of halogens is 1. The number of carbonyl (C=O) groups is 1. The average Bonchev–Trinajstić information content (AvgIpc) is 2.56. The SMILES string of the molecule is O=C1C[C@H](c2cccc(Br)c2)Sc2ccccc2N1. The second kappa shape index (κ2) is 5.39. The number of thioether (sulfide) groups is 1. The largest absolute Gasteiger partial charge is 0.325 e. The average molecular weight is 334 g/mol. The fraction of sp³-hybridized carbons (Fsp3) is 0.133. The molecule has 2 aromatic rings. The lowest BCUT2D eigenvalue weighted by atomic mass is 10.1. The van der Waals surface area contributed by atoms with Gasteiger partial charge in [-0.3, -0.25) is 4.79 Å². The Hall–Kier alpha value is -1.26. The minimum absolute atomic E-state index is 0.0717. The number of para-hydroxylation sites is 1. The van der Waals surface area contributed by atoms with Gasteiger partial charge in [0.2, 0.25) is 5.91 Å². The number of nitrogens with one attached hydrogen (secondary N) is 1. The summed E-state index contributed by atoms with van der Waals surface area (Å²) in [7, 11) is 0. The lowest BCUT2D eigenvalue weighted by molar-refractivity contribution is -0.116. The first-order chi connectivity index (χ1) is 9.22. The third-order valence-electron chi connectivity index (χ3n) is 3.02. The third-order valence-corrected chi connectivity index (χ3v) is 4.85. The minimum Gasteiger partial charge on any atom is -0.325 e. The van der Waals surface area contributed by atoms with Gasteiger partial charge in [-0.2, -0.15) is 0 Å². The normalized spacial score (nSPS) is 18.4. The molecular formula is C15H12BrNOS. The first-order valence-electron chi connectivity index (χ1n) is 6.03. The summed E-state index contributed by atoms with van der Waals surface area (Å²) in [6.45, 7) is 0. The third kappa shape index (κ3) is 2.85. The van der Waals surface area contributed by atoms with Gasteiger partial charge in [0, 0.05) is 21.0 Å². The van der Waals surface area contributed by atoms with Crippen molar-refractivity contribution in [2.24, 2.45) is 0 Å². The molecule has 0 saturated carbocycles. The van der Waals surface area contributed by atoms with E-state index in [0.717, 1.165) is 15.1 Å². The van der Waals surface area contributed by atoms with Crippen molar-refractivity contribution in [3.63, 3.8) is 0 Å². The Morgan fingerprint density at radius 2 is 2.00 bits per heavy atom. The van der Waals surface area contributed by atoms with E-state index >= 15 is 0 Å². The molecule has 3 rings (SSSR count). The van der Waals surface area contributed by atoms with Crippen LogP contribution in [0.4, 0.5) is 5.69 Å². The van der Waals surface area contributed by atoms with E-state index in [1.165, 1.54) is 5.56 Å². The fourth-order valence-corrected chi connectivity index (χ4v) is 3.77. The van der Waals surface area contributed by atoms with E-state index in [0.29, 0.717) is 6.42 Å². The number of hydrogen-bond acceptors (Lipinski definition) is 2. The topological polar surface area (TPSA) is 29.1 Å². The Kier molecular flexibility index (Phi) is 3.62. The highest BCUT2D eigenvalue weighted by atomic mass is 79.9. The zero-order valence-electron chi connectivity index (χ0n) is 10.1. The summed E-state index contributed by atoms with van der Waals surface area (Å²) in [4.78, 5) is 13.1. The van der Waals surface area contributed by atoms with Crippen molar-refractivity contribution in [3.8, 4) is 0 Å². The zero-order valence-corrected chi connectivity index (χ0v) is 12.5.